The van der Waals surface area contributed by atoms with Crippen LogP contribution >= 0.6 is 12.4 Å². The molecule has 2 amide bonds. The molecule has 1 saturated carbocycles. The molecule has 39 heavy (non-hydrogen) atoms. The van der Waals surface area contributed by atoms with Crippen LogP contribution in [0.1, 0.15) is 42.1 Å². The molecule has 0 radical (unpaired) electrons. The van der Waals surface area contributed by atoms with Crippen LogP contribution in [0.5, 0.6) is 11.5 Å². The zero-order chi connectivity index (χ0) is 27.8. The van der Waals surface area contributed by atoms with Gasteiger partial charge in [0.15, 0.2) is 23.0 Å². The minimum absolute atomic E-state index is 0. The van der Waals surface area contributed by atoms with Crippen molar-refractivity contribution in [3.05, 3.63) is 29.7 Å². The van der Waals surface area contributed by atoms with Gasteiger partial charge in [-0.15, -0.1) is 12.4 Å². The van der Waals surface area contributed by atoms with E-state index in [1.807, 2.05) is 0 Å². The fraction of sp³-hybridized carbons (Fsp3) is 0.500. The number of carbonyl (C=O) groups is 3. The molecule has 1 aromatic carbocycles. The van der Waals surface area contributed by atoms with E-state index < -0.39 is 30.5 Å². The second-order valence-corrected chi connectivity index (χ2v) is 8.81. The van der Waals surface area contributed by atoms with Crippen molar-refractivity contribution in [2.75, 3.05) is 33.4 Å². The molecule has 12 nitrogen and oxygen atoms in total. The van der Waals surface area contributed by atoms with Crippen LogP contribution in [0.4, 0.5) is 8.78 Å². The van der Waals surface area contributed by atoms with Crippen LogP contribution in [0.3, 0.4) is 0 Å². The summed E-state index contributed by atoms with van der Waals surface area (Å²) in [7, 11) is 1.31. The monoisotopic (exact) mass is 575 g/mol. The summed E-state index contributed by atoms with van der Waals surface area (Å²) >= 11 is 0. The standard InChI is InChI=1S/C22H27F2N5O5.C2H4O2.ClH/c1-11(25)18-17(21(31)29-7-6-27-14(9-29)19(26)30)28-20(34-18)13-4-5-15(33-22(23)24)16(8-13)32-10-12-2-3-12;1-4-2-3;/h4-5,8,11-12,14,22,27H,2-3,6-7,9-10,25H2,1H3,(H2,26,30);2H,1H3;1H. The van der Waals surface area contributed by atoms with Gasteiger partial charge < -0.3 is 40.3 Å². The zero-order valence-electron chi connectivity index (χ0n) is 21.4. The van der Waals surface area contributed by atoms with Gasteiger partial charge in [-0.3, -0.25) is 14.4 Å². The first-order valence-corrected chi connectivity index (χ1v) is 11.9. The summed E-state index contributed by atoms with van der Waals surface area (Å²) in [6, 6.07) is 2.99. The van der Waals surface area contributed by atoms with E-state index in [0.29, 0.717) is 37.6 Å². The third-order valence-electron chi connectivity index (χ3n) is 5.75. The number of methoxy groups -OCH3 is 1. The van der Waals surface area contributed by atoms with Crippen LogP contribution in [-0.2, 0) is 14.3 Å². The van der Waals surface area contributed by atoms with Crippen molar-refractivity contribution in [3.63, 3.8) is 0 Å². The zero-order valence-corrected chi connectivity index (χ0v) is 22.2. The Morgan fingerprint density at radius 2 is 2.00 bits per heavy atom. The number of aromatic nitrogens is 1. The molecule has 2 heterocycles. The first-order valence-electron chi connectivity index (χ1n) is 11.9. The number of rotatable bonds is 10. The average Bonchev–Trinajstić information content (AvgIpc) is 3.62. The maximum absolute atomic E-state index is 13.2. The van der Waals surface area contributed by atoms with Crippen LogP contribution in [0, 0.1) is 5.92 Å². The Bertz CT molecular complexity index is 1130. The van der Waals surface area contributed by atoms with E-state index >= 15 is 0 Å². The lowest BCUT2D eigenvalue weighted by Crippen LogP contribution is -2.57. The number of nitrogens with zero attached hydrogens (tertiary/aromatic N) is 2. The Labute approximate surface area is 229 Å². The average molecular weight is 576 g/mol. The molecule has 4 rings (SSSR count). The van der Waals surface area contributed by atoms with E-state index in [9.17, 15) is 18.4 Å². The van der Waals surface area contributed by atoms with Crippen LogP contribution in [-0.4, -0.2) is 74.2 Å². The van der Waals surface area contributed by atoms with Gasteiger partial charge in [0.2, 0.25) is 11.8 Å². The fourth-order valence-corrected chi connectivity index (χ4v) is 3.63. The molecule has 1 aromatic heterocycles. The molecule has 0 bridgehead atoms. The van der Waals surface area contributed by atoms with Crippen LogP contribution in [0.2, 0.25) is 0 Å². The number of benzene rings is 1. The molecule has 2 atom stereocenters. The van der Waals surface area contributed by atoms with Gasteiger partial charge in [-0.25, -0.2) is 4.98 Å². The molecule has 2 unspecified atom stereocenters. The molecule has 1 saturated heterocycles. The lowest BCUT2D eigenvalue weighted by Gasteiger charge is -2.31. The highest BCUT2D eigenvalue weighted by Crippen LogP contribution is 2.37. The number of nitrogens with one attached hydrogen (secondary N) is 1. The van der Waals surface area contributed by atoms with Gasteiger partial charge in [0.1, 0.15) is 6.04 Å². The van der Waals surface area contributed by atoms with Crippen molar-refractivity contribution in [2.24, 2.45) is 17.4 Å². The molecule has 5 N–H and O–H groups in total. The Balaban J connectivity index is 0.000000998. The van der Waals surface area contributed by atoms with Gasteiger partial charge in [-0.05, 0) is 43.9 Å². The van der Waals surface area contributed by atoms with Crippen molar-refractivity contribution in [1.82, 2.24) is 15.2 Å². The van der Waals surface area contributed by atoms with Crippen molar-refractivity contribution >= 4 is 30.7 Å². The third-order valence-corrected chi connectivity index (χ3v) is 5.75. The minimum atomic E-state index is -3.01. The third kappa shape index (κ3) is 8.76. The molecule has 1 aliphatic heterocycles. The number of hydrogen-bond acceptors (Lipinski definition) is 10. The fourth-order valence-electron chi connectivity index (χ4n) is 3.63. The molecule has 2 aromatic rings. The van der Waals surface area contributed by atoms with Gasteiger partial charge in [-0.1, -0.05) is 0 Å². The predicted octanol–water partition coefficient (Wildman–Crippen LogP) is 1.86. The molecular weight excluding hydrogens is 544 g/mol. The molecule has 2 aliphatic rings. The predicted molar refractivity (Wildman–Crippen MR) is 137 cm³/mol. The Kier molecular flexibility index (Phi) is 11.9. The second kappa shape index (κ2) is 14.6. The summed E-state index contributed by atoms with van der Waals surface area (Å²) in [6.07, 6.45) is 2.05. The minimum Gasteiger partial charge on any atom is -0.489 e. The lowest BCUT2D eigenvalue weighted by molar-refractivity contribution is -0.126. The molecule has 1 aliphatic carbocycles. The van der Waals surface area contributed by atoms with Gasteiger partial charge in [0.05, 0.1) is 19.8 Å². The van der Waals surface area contributed by atoms with E-state index in [1.54, 1.807) is 6.92 Å². The van der Waals surface area contributed by atoms with Gasteiger partial charge in [0.25, 0.3) is 12.4 Å². The van der Waals surface area contributed by atoms with E-state index in [-0.39, 0.29) is 47.8 Å². The highest BCUT2D eigenvalue weighted by Gasteiger charge is 2.32. The highest BCUT2D eigenvalue weighted by atomic mass is 35.5. The van der Waals surface area contributed by atoms with E-state index in [0.717, 1.165) is 12.8 Å². The largest absolute Gasteiger partial charge is 0.489 e. The summed E-state index contributed by atoms with van der Waals surface area (Å²) in [5, 5.41) is 2.96. The number of primary amides is 1. The first-order chi connectivity index (χ1) is 18.1. The molecule has 216 valence electrons. The van der Waals surface area contributed by atoms with Crippen molar-refractivity contribution in [2.45, 2.75) is 38.5 Å². The lowest BCUT2D eigenvalue weighted by atomic mass is 10.1. The number of ether oxygens (including phenoxy) is 3. The second-order valence-electron chi connectivity index (χ2n) is 8.81. The number of halogens is 3. The molecule has 2 fully saturated rings. The van der Waals surface area contributed by atoms with Crippen LogP contribution in [0.15, 0.2) is 22.6 Å². The van der Waals surface area contributed by atoms with Crippen molar-refractivity contribution in [3.8, 4) is 23.0 Å². The number of carbonyl (C=O) groups excluding carboxylic acids is 3. The SMILES string of the molecule is CC(N)c1oc(-c2ccc(OC(F)F)c(OCC3CC3)c2)nc1C(=O)N1CCNC(C(N)=O)C1.COC=O.Cl. The smallest absolute Gasteiger partial charge is 0.387 e. The van der Waals surface area contributed by atoms with Gasteiger partial charge >= 0.3 is 6.61 Å². The molecule has 0 spiro atoms. The maximum atomic E-state index is 13.2. The van der Waals surface area contributed by atoms with Gasteiger partial charge in [0, 0.05) is 25.2 Å². The number of amides is 2. The Morgan fingerprint density at radius 1 is 1.31 bits per heavy atom. The molecule has 15 heteroatoms. The summed E-state index contributed by atoms with van der Waals surface area (Å²) in [5.41, 5.74) is 11.8. The number of alkyl halides is 2. The normalized spacial score (nSPS) is 17.3. The number of hydrogen-bond donors (Lipinski definition) is 3. The summed E-state index contributed by atoms with van der Waals surface area (Å²) < 4.78 is 45.6. The van der Waals surface area contributed by atoms with E-state index in [4.69, 9.17) is 25.4 Å². The van der Waals surface area contributed by atoms with Crippen LogP contribution in [0.25, 0.3) is 11.5 Å². The van der Waals surface area contributed by atoms with E-state index in [1.165, 1.54) is 30.2 Å². The van der Waals surface area contributed by atoms with Crippen molar-refractivity contribution < 1.29 is 41.8 Å². The topological polar surface area (TPSA) is 172 Å². The summed E-state index contributed by atoms with van der Waals surface area (Å²) in [6.45, 7) is 0.232. The van der Waals surface area contributed by atoms with E-state index in [2.05, 4.69) is 19.8 Å². The highest BCUT2D eigenvalue weighted by molar-refractivity contribution is 5.94. The quantitative estimate of drug-likeness (QED) is 0.355. The van der Waals surface area contributed by atoms with Crippen LogP contribution < -0.4 is 26.3 Å². The summed E-state index contributed by atoms with van der Waals surface area (Å²) in [5.74, 6) is -0.340. The number of oxazole rings is 1. The Hall–Kier alpha value is -3.49. The number of nitrogens with two attached hydrogens (primary N) is 2. The first kappa shape index (κ1) is 31.7. The molecular formula is C24H32ClF2N5O7. The number of piperazine rings is 1. The maximum Gasteiger partial charge on any atom is 0.387 e. The summed E-state index contributed by atoms with van der Waals surface area (Å²) in [4.78, 5) is 39.5. The van der Waals surface area contributed by atoms with Gasteiger partial charge in [-0.2, -0.15) is 8.78 Å². The Morgan fingerprint density at radius 3 is 2.56 bits per heavy atom. The van der Waals surface area contributed by atoms with Crippen molar-refractivity contribution in [1.29, 1.82) is 0 Å².